The fourth-order valence-corrected chi connectivity index (χ4v) is 3.49. The summed E-state index contributed by atoms with van der Waals surface area (Å²) < 4.78 is 5.67. The number of hydrogen-bond donors (Lipinski definition) is 3. The van der Waals surface area contributed by atoms with Gasteiger partial charge >= 0.3 is 0 Å². The molecule has 1 aromatic heterocycles. The lowest BCUT2D eigenvalue weighted by atomic mass is 10.2. The first kappa shape index (κ1) is 20.9. The SMILES string of the molecule is CCNC(=NCC(c1ccco1)N1CCCC1)NCCNC(=O)c1ccccc1. The number of likely N-dealkylation sites (tertiary alicyclic amines) is 1. The molecule has 0 spiro atoms. The van der Waals surface area contributed by atoms with Crippen LogP contribution in [0.1, 0.15) is 41.9 Å². The van der Waals surface area contributed by atoms with Crippen molar-refractivity contribution in [3.8, 4) is 0 Å². The van der Waals surface area contributed by atoms with Gasteiger partial charge in [0.1, 0.15) is 5.76 Å². The van der Waals surface area contributed by atoms with Crippen LogP contribution in [-0.4, -0.2) is 56.0 Å². The van der Waals surface area contributed by atoms with Gasteiger partial charge in [-0.15, -0.1) is 0 Å². The van der Waals surface area contributed by atoms with Crippen molar-refractivity contribution in [2.24, 2.45) is 4.99 Å². The maximum Gasteiger partial charge on any atom is 0.251 e. The first-order valence-electron chi connectivity index (χ1n) is 10.4. The summed E-state index contributed by atoms with van der Waals surface area (Å²) >= 11 is 0. The molecule has 1 fully saturated rings. The number of rotatable bonds is 9. The number of nitrogens with zero attached hydrogens (tertiary/aromatic N) is 2. The number of amides is 1. The fourth-order valence-electron chi connectivity index (χ4n) is 3.49. The van der Waals surface area contributed by atoms with Gasteiger partial charge in [0.2, 0.25) is 0 Å². The van der Waals surface area contributed by atoms with Gasteiger partial charge in [0, 0.05) is 25.2 Å². The highest BCUT2D eigenvalue weighted by Gasteiger charge is 2.25. The van der Waals surface area contributed by atoms with Crippen LogP contribution in [0.4, 0.5) is 0 Å². The molecule has 2 aromatic rings. The van der Waals surface area contributed by atoms with Crippen molar-refractivity contribution in [2.75, 3.05) is 39.3 Å². The van der Waals surface area contributed by atoms with Gasteiger partial charge in [-0.05, 0) is 57.1 Å². The van der Waals surface area contributed by atoms with E-state index in [1.54, 1.807) is 18.4 Å². The van der Waals surface area contributed by atoms with Crippen LogP contribution in [0.5, 0.6) is 0 Å². The zero-order chi connectivity index (χ0) is 20.3. The van der Waals surface area contributed by atoms with Crippen molar-refractivity contribution < 1.29 is 9.21 Å². The van der Waals surface area contributed by atoms with Crippen LogP contribution in [-0.2, 0) is 0 Å². The van der Waals surface area contributed by atoms with Gasteiger partial charge in [-0.2, -0.15) is 0 Å². The Balaban J connectivity index is 1.51. The van der Waals surface area contributed by atoms with Crippen molar-refractivity contribution in [1.29, 1.82) is 0 Å². The molecular formula is C22H31N5O2. The highest BCUT2D eigenvalue weighted by atomic mass is 16.3. The Bertz CT molecular complexity index is 755. The number of carbonyl (C=O) groups excluding carboxylic acids is 1. The molecule has 1 unspecified atom stereocenters. The zero-order valence-corrected chi connectivity index (χ0v) is 17.1. The maximum atomic E-state index is 12.1. The minimum Gasteiger partial charge on any atom is -0.468 e. The van der Waals surface area contributed by atoms with E-state index in [0.29, 0.717) is 25.2 Å². The molecule has 0 bridgehead atoms. The Morgan fingerprint density at radius 3 is 2.52 bits per heavy atom. The zero-order valence-electron chi connectivity index (χ0n) is 17.1. The summed E-state index contributed by atoms with van der Waals surface area (Å²) in [5, 5.41) is 9.49. The number of nitrogens with one attached hydrogen (secondary N) is 3. The van der Waals surface area contributed by atoms with E-state index in [0.717, 1.165) is 31.4 Å². The van der Waals surface area contributed by atoms with Crippen molar-refractivity contribution in [3.63, 3.8) is 0 Å². The van der Waals surface area contributed by atoms with Gasteiger partial charge < -0.3 is 20.4 Å². The summed E-state index contributed by atoms with van der Waals surface area (Å²) in [4.78, 5) is 19.3. The summed E-state index contributed by atoms with van der Waals surface area (Å²) in [6.07, 6.45) is 4.17. The summed E-state index contributed by atoms with van der Waals surface area (Å²) in [5.74, 6) is 1.64. The molecule has 1 saturated heterocycles. The predicted octanol–water partition coefficient (Wildman–Crippen LogP) is 2.40. The monoisotopic (exact) mass is 397 g/mol. The van der Waals surface area contributed by atoms with E-state index in [1.807, 2.05) is 37.3 Å². The average molecular weight is 398 g/mol. The number of carbonyl (C=O) groups is 1. The third-order valence-corrected chi connectivity index (χ3v) is 4.96. The van der Waals surface area contributed by atoms with Gasteiger partial charge in [-0.1, -0.05) is 18.2 Å². The van der Waals surface area contributed by atoms with E-state index in [2.05, 4.69) is 20.9 Å². The topological polar surface area (TPSA) is 81.9 Å². The molecule has 29 heavy (non-hydrogen) atoms. The van der Waals surface area contributed by atoms with Crippen molar-refractivity contribution in [3.05, 3.63) is 60.1 Å². The summed E-state index contributed by atoms with van der Waals surface area (Å²) in [7, 11) is 0. The van der Waals surface area contributed by atoms with E-state index >= 15 is 0 Å². The van der Waals surface area contributed by atoms with Gasteiger partial charge in [0.05, 0.1) is 18.8 Å². The van der Waals surface area contributed by atoms with Crippen LogP contribution in [0, 0.1) is 0 Å². The second kappa shape index (κ2) is 11.3. The lowest BCUT2D eigenvalue weighted by Gasteiger charge is -2.24. The van der Waals surface area contributed by atoms with E-state index < -0.39 is 0 Å². The van der Waals surface area contributed by atoms with Crippen LogP contribution in [0.25, 0.3) is 0 Å². The maximum absolute atomic E-state index is 12.1. The molecule has 3 rings (SSSR count). The van der Waals surface area contributed by atoms with E-state index in [9.17, 15) is 4.79 Å². The van der Waals surface area contributed by atoms with E-state index in [-0.39, 0.29) is 11.9 Å². The summed E-state index contributed by atoms with van der Waals surface area (Å²) in [6.45, 7) is 6.72. The van der Waals surface area contributed by atoms with Gasteiger partial charge in [0.15, 0.2) is 5.96 Å². The second-order valence-corrected chi connectivity index (χ2v) is 7.04. The molecule has 7 nitrogen and oxygen atoms in total. The largest absolute Gasteiger partial charge is 0.468 e. The Morgan fingerprint density at radius 2 is 1.83 bits per heavy atom. The Morgan fingerprint density at radius 1 is 1.07 bits per heavy atom. The first-order chi connectivity index (χ1) is 14.3. The summed E-state index contributed by atoms with van der Waals surface area (Å²) in [6, 6.07) is 13.3. The van der Waals surface area contributed by atoms with Crippen LogP contribution < -0.4 is 16.0 Å². The van der Waals surface area contributed by atoms with Crippen LogP contribution in [0.3, 0.4) is 0 Å². The lowest BCUT2D eigenvalue weighted by Crippen LogP contribution is -2.42. The minimum absolute atomic E-state index is 0.0683. The molecule has 0 saturated carbocycles. The van der Waals surface area contributed by atoms with Crippen LogP contribution in [0.15, 0.2) is 58.1 Å². The number of aliphatic imine (C=N–C) groups is 1. The predicted molar refractivity (Wildman–Crippen MR) is 115 cm³/mol. The third kappa shape index (κ3) is 6.35. The van der Waals surface area contributed by atoms with Gasteiger partial charge in [-0.3, -0.25) is 14.7 Å². The average Bonchev–Trinajstić information content (AvgIpc) is 3.46. The number of guanidine groups is 1. The smallest absolute Gasteiger partial charge is 0.251 e. The number of hydrogen-bond acceptors (Lipinski definition) is 4. The van der Waals surface area contributed by atoms with E-state index in [1.165, 1.54) is 12.8 Å². The number of benzene rings is 1. The van der Waals surface area contributed by atoms with Crippen molar-refractivity contribution >= 4 is 11.9 Å². The van der Waals surface area contributed by atoms with Crippen LogP contribution in [0.2, 0.25) is 0 Å². The Labute approximate surface area is 172 Å². The highest BCUT2D eigenvalue weighted by Crippen LogP contribution is 2.25. The van der Waals surface area contributed by atoms with Crippen molar-refractivity contribution in [2.45, 2.75) is 25.8 Å². The fraction of sp³-hybridized carbons (Fsp3) is 0.455. The molecule has 1 atom stereocenters. The highest BCUT2D eigenvalue weighted by molar-refractivity contribution is 5.94. The van der Waals surface area contributed by atoms with Crippen LogP contribution >= 0.6 is 0 Å². The molecule has 0 radical (unpaired) electrons. The quantitative estimate of drug-likeness (QED) is 0.344. The lowest BCUT2D eigenvalue weighted by molar-refractivity contribution is 0.0954. The van der Waals surface area contributed by atoms with E-state index in [4.69, 9.17) is 9.41 Å². The second-order valence-electron chi connectivity index (χ2n) is 7.04. The molecule has 1 aromatic carbocycles. The van der Waals surface area contributed by atoms with Crippen molar-refractivity contribution in [1.82, 2.24) is 20.9 Å². The molecule has 156 valence electrons. The van der Waals surface area contributed by atoms with Gasteiger partial charge in [0.25, 0.3) is 5.91 Å². The molecule has 1 aliphatic rings. The Kier molecular flexibility index (Phi) is 8.12. The molecule has 2 heterocycles. The molecule has 7 heteroatoms. The molecule has 3 N–H and O–H groups in total. The number of furan rings is 1. The molecule has 1 amide bonds. The molecule has 0 aliphatic carbocycles. The first-order valence-corrected chi connectivity index (χ1v) is 10.4. The van der Waals surface area contributed by atoms with Gasteiger partial charge in [-0.25, -0.2) is 0 Å². The third-order valence-electron chi connectivity index (χ3n) is 4.96. The summed E-state index contributed by atoms with van der Waals surface area (Å²) in [5.41, 5.74) is 0.667. The molecule has 1 aliphatic heterocycles. The Hall–Kier alpha value is -2.80. The standard InChI is InChI=1S/C22H31N5O2/c1-2-23-22(25-13-12-24-21(28)18-9-4-3-5-10-18)26-17-19(20-11-8-16-29-20)27-14-6-7-15-27/h3-5,8-11,16,19H,2,6-7,12-15,17H2,1H3,(H,24,28)(H2,23,25,26). The molecular weight excluding hydrogens is 366 g/mol. The minimum atomic E-state index is -0.0683. The normalized spacial score (nSPS) is 15.8.